The Morgan fingerprint density at radius 3 is 3.05 bits per heavy atom. The van der Waals surface area contributed by atoms with E-state index in [4.69, 9.17) is 11.6 Å². The summed E-state index contributed by atoms with van der Waals surface area (Å²) in [4.78, 5) is 17.4. The Hall–Kier alpha value is -1.69. The molecule has 3 aromatic rings. The summed E-state index contributed by atoms with van der Waals surface area (Å²) in [6.45, 7) is 1.95. The molecule has 0 spiro atoms. The lowest BCUT2D eigenvalue weighted by Gasteiger charge is -1.95. The lowest BCUT2D eigenvalue weighted by molar-refractivity contribution is -0.111. The molecule has 0 saturated heterocycles. The van der Waals surface area contributed by atoms with Gasteiger partial charge in [0.25, 0.3) is 0 Å². The second-order valence-corrected chi connectivity index (χ2v) is 6.87. The number of hydrogen-bond acceptors (Lipinski definition) is 4. The summed E-state index contributed by atoms with van der Waals surface area (Å²) in [7, 11) is 0. The van der Waals surface area contributed by atoms with E-state index in [1.807, 2.05) is 36.6 Å². The van der Waals surface area contributed by atoms with Crippen LogP contribution in [-0.2, 0) is 4.79 Å². The number of fused-ring (bicyclic) bond motifs is 1. The standard InChI is InChI=1S/C15H11ClN2OS2/c1-9-7-10(16)8-12-14(9)18-15(21-12)17-13(19)5-4-11-3-2-6-20-11/h2-8H,1H3,(H,17,18,19). The van der Waals surface area contributed by atoms with Crippen LogP contribution in [0.4, 0.5) is 5.13 Å². The minimum absolute atomic E-state index is 0.189. The number of thiazole rings is 1. The van der Waals surface area contributed by atoms with Gasteiger partial charge in [-0.3, -0.25) is 10.1 Å². The lowest BCUT2D eigenvalue weighted by atomic mass is 10.2. The molecule has 0 aliphatic heterocycles. The summed E-state index contributed by atoms with van der Waals surface area (Å²) >= 11 is 9.03. The normalized spacial score (nSPS) is 11.3. The lowest BCUT2D eigenvalue weighted by Crippen LogP contribution is -2.07. The van der Waals surface area contributed by atoms with Crippen LogP contribution in [0.3, 0.4) is 0 Å². The number of nitrogens with zero attached hydrogens (tertiary/aromatic N) is 1. The van der Waals surface area contributed by atoms with Crippen molar-refractivity contribution in [2.24, 2.45) is 0 Å². The predicted molar refractivity (Wildman–Crippen MR) is 91.3 cm³/mol. The van der Waals surface area contributed by atoms with Crippen molar-refractivity contribution in [3.05, 3.63) is 51.2 Å². The maximum atomic E-state index is 11.9. The van der Waals surface area contributed by atoms with Crippen molar-refractivity contribution in [2.45, 2.75) is 6.92 Å². The number of carbonyl (C=O) groups excluding carboxylic acids is 1. The molecular formula is C15H11ClN2OS2. The number of benzene rings is 1. The molecule has 0 atom stereocenters. The van der Waals surface area contributed by atoms with E-state index in [1.54, 1.807) is 17.4 Å². The first-order valence-corrected chi connectivity index (χ1v) is 8.28. The Labute approximate surface area is 134 Å². The molecule has 6 heteroatoms. The molecule has 0 unspecified atom stereocenters. The summed E-state index contributed by atoms with van der Waals surface area (Å²) in [5.74, 6) is -0.189. The Balaban J connectivity index is 1.78. The van der Waals surface area contributed by atoms with Gasteiger partial charge >= 0.3 is 0 Å². The molecular weight excluding hydrogens is 324 g/mol. The largest absolute Gasteiger partial charge is 0.298 e. The van der Waals surface area contributed by atoms with Crippen molar-refractivity contribution < 1.29 is 4.79 Å². The van der Waals surface area contributed by atoms with Crippen LogP contribution in [-0.4, -0.2) is 10.9 Å². The number of nitrogens with one attached hydrogen (secondary N) is 1. The van der Waals surface area contributed by atoms with Crippen molar-refractivity contribution >= 4 is 61.6 Å². The Morgan fingerprint density at radius 1 is 1.43 bits per heavy atom. The topological polar surface area (TPSA) is 42.0 Å². The quantitative estimate of drug-likeness (QED) is 0.687. The van der Waals surface area contributed by atoms with E-state index in [2.05, 4.69) is 10.3 Å². The number of aromatic nitrogens is 1. The van der Waals surface area contributed by atoms with Crippen LogP contribution < -0.4 is 5.32 Å². The second kappa shape index (κ2) is 5.97. The number of aryl methyl sites for hydroxylation is 1. The second-order valence-electron chi connectivity index (χ2n) is 4.43. The first-order valence-electron chi connectivity index (χ1n) is 6.21. The molecule has 0 radical (unpaired) electrons. The first-order chi connectivity index (χ1) is 10.1. The number of anilines is 1. The molecule has 2 aromatic heterocycles. The van der Waals surface area contributed by atoms with Gasteiger partial charge in [0.2, 0.25) is 5.91 Å². The number of thiophene rings is 1. The highest BCUT2D eigenvalue weighted by atomic mass is 35.5. The third-order valence-electron chi connectivity index (χ3n) is 2.82. The van der Waals surface area contributed by atoms with Crippen molar-refractivity contribution in [1.29, 1.82) is 0 Å². The summed E-state index contributed by atoms with van der Waals surface area (Å²) in [5, 5.41) is 6.01. The Bertz CT molecular complexity index is 822. The molecule has 1 aromatic carbocycles. The molecule has 1 N–H and O–H groups in total. The van der Waals surface area contributed by atoms with Crippen LogP contribution in [0.1, 0.15) is 10.4 Å². The molecule has 3 rings (SSSR count). The number of halogens is 1. The van der Waals surface area contributed by atoms with Crippen molar-refractivity contribution in [1.82, 2.24) is 4.98 Å². The van der Waals surface area contributed by atoms with E-state index in [0.29, 0.717) is 10.2 Å². The van der Waals surface area contributed by atoms with Crippen LogP contribution >= 0.6 is 34.3 Å². The third-order valence-corrected chi connectivity index (χ3v) is 4.80. The fourth-order valence-electron chi connectivity index (χ4n) is 1.90. The average molecular weight is 335 g/mol. The molecule has 0 saturated carbocycles. The highest BCUT2D eigenvalue weighted by Crippen LogP contribution is 2.30. The molecule has 3 nitrogen and oxygen atoms in total. The van der Waals surface area contributed by atoms with Gasteiger partial charge in [-0.05, 0) is 42.1 Å². The number of carbonyl (C=O) groups is 1. The van der Waals surface area contributed by atoms with E-state index in [9.17, 15) is 4.79 Å². The van der Waals surface area contributed by atoms with Gasteiger partial charge in [0.05, 0.1) is 10.2 Å². The van der Waals surface area contributed by atoms with Crippen molar-refractivity contribution in [2.75, 3.05) is 5.32 Å². The predicted octanol–water partition coefficient (Wildman–Crippen LogP) is 4.97. The summed E-state index contributed by atoms with van der Waals surface area (Å²) in [6, 6.07) is 7.63. The van der Waals surface area contributed by atoms with Crippen LogP contribution in [0.25, 0.3) is 16.3 Å². The van der Waals surface area contributed by atoms with Crippen LogP contribution in [0.2, 0.25) is 5.02 Å². The van der Waals surface area contributed by atoms with Crippen LogP contribution in [0.5, 0.6) is 0 Å². The summed E-state index contributed by atoms with van der Waals surface area (Å²) in [5.41, 5.74) is 1.88. The van der Waals surface area contributed by atoms with E-state index >= 15 is 0 Å². The van der Waals surface area contributed by atoms with Crippen molar-refractivity contribution in [3.8, 4) is 0 Å². The third kappa shape index (κ3) is 3.32. The Kier molecular flexibility index (Phi) is 4.05. The van der Waals surface area contributed by atoms with Crippen LogP contribution in [0.15, 0.2) is 35.7 Å². The number of hydrogen-bond donors (Lipinski definition) is 1. The molecule has 0 bridgehead atoms. The zero-order valence-corrected chi connectivity index (χ0v) is 13.5. The number of rotatable bonds is 3. The van der Waals surface area contributed by atoms with E-state index in [-0.39, 0.29) is 5.91 Å². The number of amides is 1. The van der Waals surface area contributed by atoms with E-state index in [0.717, 1.165) is 20.7 Å². The molecule has 106 valence electrons. The van der Waals surface area contributed by atoms with Gasteiger partial charge in [-0.1, -0.05) is 29.0 Å². The van der Waals surface area contributed by atoms with Gasteiger partial charge in [0.1, 0.15) is 0 Å². The molecule has 21 heavy (non-hydrogen) atoms. The molecule has 1 amide bonds. The molecule has 0 aliphatic rings. The van der Waals surface area contributed by atoms with Gasteiger partial charge in [0, 0.05) is 16.0 Å². The zero-order valence-electron chi connectivity index (χ0n) is 11.1. The van der Waals surface area contributed by atoms with Gasteiger partial charge < -0.3 is 0 Å². The van der Waals surface area contributed by atoms with Gasteiger partial charge in [-0.2, -0.15) is 0 Å². The summed E-state index contributed by atoms with van der Waals surface area (Å²) in [6.07, 6.45) is 3.30. The highest BCUT2D eigenvalue weighted by molar-refractivity contribution is 7.22. The SMILES string of the molecule is Cc1cc(Cl)cc2sc(NC(=O)C=Cc3cccs3)nc12. The van der Waals surface area contributed by atoms with E-state index in [1.165, 1.54) is 17.4 Å². The monoisotopic (exact) mass is 334 g/mol. The fraction of sp³-hybridized carbons (Fsp3) is 0.0667. The van der Waals surface area contributed by atoms with Crippen LogP contribution in [0, 0.1) is 6.92 Å². The maximum Gasteiger partial charge on any atom is 0.250 e. The smallest absolute Gasteiger partial charge is 0.250 e. The highest BCUT2D eigenvalue weighted by Gasteiger charge is 2.09. The van der Waals surface area contributed by atoms with Gasteiger partial charge in [0.15, 0.2) is 5.13 Å². The molecule has 2 heterocycles. The molecule has 0 fully saturated rings. The molecule has 0 aliphatic carbocycles. The zero-order chi connectivity index (χ0) is 14.8. The van der Waals surface area contributed by atoms with Gasteiger partial charge in [-0.25, -0.2) is 4.98 Å². The Morgan fingerprint density at radius 2 is 2.29 bits per heavy atom. The first kappa shape index (κ1) is 14.3. The average Bonchev–Trinajstić information content (AvgIpc) is 3.05. The minimum Gasteiger partial charge on any atom is -0.298 e. The van der Waals surface area contributed by atoms with Crippen molar-refractivity contribution in [3.63, 3.8) is 0 Å². The maximum absolute atomic E-state index is 11.9. The summed E-state index contributed by atoms with van der Waals surface area (Å²) < 4.78 is 0.970. The minimum atomic E-state index is -0.189. The van der Waals surface area contributed by atoms with Gasteiger partial charge in [-0.15, -0.1) is 11.3 Å². The van der Waals surface area contributed by atoms with E-state index < -0.39 is 0 Å². The fourth-order valence-corrected chi connectivity index (χ4v) is 3.84.